The Balaban J connectivity index is 0.000000438. The lowest BCUT2D eigenvalue weighted by Crippen LogP contribution is -2.15. The van der Waals surface area contributed by atoms with E-state index >= 15 is 0 Å². The molecule has 0 aliphatic carbocycles. The van der Waals surface area contributed by atoms with Crippen molar-refractivity contribution in [3.05, 3.63) is 324 Å². The number of ether oxygens (including phenoxy) is 3. The van der Waals surface area contributed by atoms with Gasteiger partial charge in [0.2, 0.25) is 0 Å². The molecular weight excluding hydrogens is 1440 g/mol. The molecule has 0 N–H and O–H groups in total. The molecule has 10 aromatic carbocycles. The highest BCUT2D eigenvalue weighted by atomic mass is 35.5. The van der Waals surface area contributed by atoms with Gasteiger partial charge in [-0.1, -0.05) is 360 Å². The summed E-state index contributed by atoms with van der Waals surface area (Å²) < 4.78 is 29.4. The molecule has 11 rings (SSSR count). The highest BCUT2D eigenvalue weighted by molar-refractivity contribution is 6.30. The molecule has 116 heavy (non-hydrogen) atoms. The quantitative estimate of drug-likeness (QED) is 0.0963. The van der Waals surface area contributed by atoms with E-state index < -0.39 is 0 Å². The van der Waals surface area contributed by atoms with E-state index in [4.69, 9.17) is 25.8 Å². The van der Waals surface area contributed by atoms with Gasteiger partial charge in [-0.15, -0.1) is 0 Å². The number of fused-ring (bicyclic) bond motifs is 1. The van der Waals surface area contributed by atoms with Gasteiger partial charge in [0, 0.05) is 44.6 Å². The predicted molar refractivity (Wildman–Crippen MR) is 513 cm³/mol. The van der Waals surface area contributed by atoms with E-state index in [1.807, 2.05) is 56.3 Å². The van der Waals surface area contributed by atoms with E-state index in [9.17, 15) is 4.39 Å². The van der Waals surface area contributed by atoms with Gasteiger partial charge in [0.25, 0.3) is 0 Å². The van der Waals surface area contributed by atoms with E-state index in [1.54, 1.807) is 20.1 Å². The predicted octanol–water partition coefficient (Wildman–Crippen LogP) is 32.8. The van der Waals surface area contributed by atoms with Gasteiger partial charge >= 0.3 is 0 Å². The summed E-state index contributed by atoms with van der Waals surface area (Å²) >= 11 is 5.79. The third kappa shape index (κ3) is 38.2. The molecule has 1 aliphatic rings. The van der Waals surface area contributed by atoms with Crippen molar-refractivity contribution in [1.82, 2.24) is 0 Å². The summed E-state index contributed by atoms with van der Waals surface area (Å²) in [6.45, 7) is 64.5. The van der Waals surface area contributed by atoms with E-state index in [0.717, 1.165) is 39.8 Å². The van der Waals surface area contributed by atoms with Crippen LogP contribution in [0.4, 0.5) is 15.8 Å². The lowest BCUT2D eigenvalue weighted by atomic mass is 9.91. The number of methoxy groups -OCH3 is 1. The Kier molecular flexibility index (Phi) is 48.6. The molecule has 10 aromatic rings. The van der Waals surface area contributed by atoms with E-state index in [1.165, 1.54) is 94.8 Å². The van der Waals surface area contributed by atoms with Gasteiger partial charge in [0.15, 0.2) is 11.5 Å². The second-order valence-corrected chi connectivity index (χ2v) is 35.2. The number of rotatable bonds is 16. The summed E-state index contributed by atoms with van der Waals surface area (Å²) in [6, 6.07) is 76.3. The minimum absolute atomic E-state index is 0.0532. The summed E-state index contributed by atoms with van der Waals surface area (Å²) in [4.78, 5) is 4.28. The van der Waals surface area contributed by atoms with Crippen molar-refractivity contribution < 1.29 is 18.6 Å². The van der Waals surface area contributed by atoms with Crippen LogP contribution in [0, 0.1) is 33.5 Å². The standard InChI is InChI=1S/C12H19N.2C12H18.C11H17N.C11H14O2.C11H16O.C11H16.C10H13F.C10H14.C9H11Cl/c1-9(2)11-6-7-12(13(4)5)10(3)8-11;1-9(2)11-6-5-7-12(8-11)10(3)4;1-9(2)11-7-5-6-8-12(11)10(3)4;1-9(2)10-6-5-7-11(8-10)12(3)4;1-8(2)9-3-4-10-11(7-9)13-6-5-12-10;1-8(2)10-5-6-11(12-4)9(3)7-10;1-4-10-7-5-6-8-11(10)9(2)3;1-7(2)9-6-4-5-8(3)10(9)11;1-8(2)10-6-4-5-9(3)7-10;1-7(2)8-4-3-5-9(10)6-8/h6-9H,1-5H3;2*5-10H,1-4H3;5-9H,1-4H3;3-4,7-8H,5-6H2,1-2H3;5-8H,1-4H3;5-9H,4H2,1-3H3;4-7H,1-3H3;4-8H,1-3H3;3-7H,1-2H3. The lowest BCUT2D eigenvalue weighted by Gasteiger charge is -2.19. The molecule has 634 valence electrons. The van der Waals surface area contributed by atoms with Gasteiger partial charge in [0.05, 0.1) is 7.11 Å². The minimum Gasteiger partial charge on any atom is -0.496 e. The summed E-state index contributed by atoms with van der Waals surface area (Å²) in [6.07, 6.45) is 1.15. The van der Waals surface area contributed by atoms with E-state index in [2.05, 4.69) is 388 Å². The normalized spacial score (nSPS) is 11.1. The zero-order valence-corrected chi connectivity index (χ0v) is 79.5. The Bertz CT molecular complexity index is 4180. The smallest absolute Gasteiger partial charge is 0.161 e. The zero-order valence-electron chi connectivity index (χ0n) is 78.7. The van der Waals surface area contributed by atoms with E-state index in [0.29, 0.717) is 78.3 Å². The molecule has 0 spiro atoms. The SMILES string of the molecule is CC(C)c1ccc2c(c1)OCCO2.CC(C)c1cccc(C(C)C)c1.CC(C)c1cccc(Cl)c1.CC(C)c1cccc(N(C)C)c1.CC(C)c1ccccc1C(C)C.CCc1ccccc1C(C)C.COc1ccc(C(C)C)cc1C.Cc1cc(C(C)C)ccc1N(C)C.Cc1cccc(C(C)C)c1.Cc1cccc(C(C)C)c1F. The molecule has 0 saturated heterocycles. The molecule has 1 aliphatic heterocycles. The maximum atomic E-state index is 13.3. The average molecular weight is 1600 g/mol. The number of hydrogen-bond acceptors (Lipinski definition) is 5. The number of nitrogens with zero attached hydrogens (tertiary/aromatic N) is 2. The third-order valence-corrected chi connectivity index (χ3v) is 20.6. The van der Waals surface area contributed by atoms with Crippen LogP contribution in [0.2, 0.25) is 5.02 Å². The van der Waals surface area contributed by atoms with Crippen LogP contribution in [0.3, 0.4) is 0 Å². The molecule has 0 bridgehead atoms. The molecular formula is C109H156ClFN2O3. The molecule has 5 nitrogen and oxygen atoms in total. The van der Waals surface area contributed by atoms with Gasteiger partial charge in [0.1, 0.15) is 24.8 Å². The number of anilines is 2. The number of aryl methyl sites for hydroxylation is 5. The molecule has 7 heteroatoms. The summed E-state index contributed by atoms with van der Waals surface area (Å²) in [5.74, 6) is 9.76. The maximum absolute atomic E-state index is 13.3. The highest BCUT2D eigenvalue weighted by Gasteiger charge is 2.14. The Morgan fingerprint density at radius 2 is 0.698 bits per heavy atom. The molecule has 0 atom stereocenters. The fraction of sp³-hybridized carbons (Fsp3) is 0.450. The zero-order chi connectivity index (χ0) is 87.6. The molecule has 0 aromatic heterocycles. The summed E-state index contributed by atoms with van der Waals surface area (Å²) in [5, 5.41) is 0.825. The molecule has 1 heterocycles. The summed E-state index contributed by atoms with van der Waals surface area (Å²) in [5.41, 5.74) is 25.1. The van der Waals surface area contributed by atoms with Crippen LogP contribution in [0.1, 0.15) is 339 Å². The van der Waals surface area contributed by atoms with Crippen LogP contribution in [0.5, 0.6) is 17.2 Å². The Morgan fingerprint density at radius 1 is 0.328 bits per heavy atom. The first kappa shape index (κ1) is 103. The summed E-state index contributed by atoms with van der Waals surface area (Å²) in [7, 11) is 10.0. The van der Waals surface area contributed by atoms with Gasteiger partial charge in [-0.2, -0.15) is 0 Å². The van der Waals surface area contributed by atoms with Crippen molar-refractivity contribution in [3.63, 3.8) is 0 Å². The molecule has 0 fully saturated rings. The maximum Gasteiger partial charge on any atom is 0.161 e. The van der Waals surface area contributed by atoms with Gasteiger partial charge in [-0.05, 0) is 243 Å². The lowest BCUT2D eigenvalue weighted by molar-refractivity contribution is 0.171. The van der Waals surface area contributed by atoms with Crippen molar-refractivity contribution in [3.8, 4) is 17.2 Å². The number of hydrogen-bond donors (Lipinski definition) is 0. The third-order valence-electron chi connectivity index (χ3n) is 20.4. The van der Waals surface area contributed by atoms with Crippen LogP contribution in [0.25, 0.3) is 0 Å². The highest BCUT2D eigenvalue weighted by Crippen LogP contribution is 2.34. The largest absolute Gasteiger partial charge is 0.496 e. The van der Waals surface area contributed by atoms with Crippen LogP contribution in [-0.2, 0) is 6.42 Å². The second kappa shape index (κ2) is 54.4. The van der Waals surface area contributed by atoms with Crippen molar-refractivity contribution in [2.75, 3.05) is 58.3 Å². The van der Waals surface area contributed by atoms with Crippen molar-refractivity contribution >= 4 is 23.0 Å². The number of halogens is 2. The van der Waals surface area contributed by atoms with Crippen molar-refractivity contribution in [2.45, 2.75) is 278 Å². The topological polar surface area (TPSA) is 34.2 Å². The molecule has 0 saturated carbocycles. The van der Waals surface area contributed by atoms with Crippen LogP contribution in [0.15, 0.2) is 218 Å². The Morgan fingerprint density at radius 3 is 1.09 bits per heavy atom. The molecule has 0 unspecified atom stereocenters. The Hall–Kier alpha value is -8.58. The number of benzene rings is 10. The molecule has 0 radical (unpaired) electrons. The van der Waals surface area contributed by atoms with Crippen LogP contribution in [-0.4, -0.2) is 48.5 Å². The first-order chi connectivity index (χ1) is 54.6. The monoisotopic (exact) mass is 1600 g/mol. The van der Waals surface area contributed by atoms with Crippen LogP contribution < -0.4 is 24.0 Å². The van der Waals surface area contributed by atoms with Crippen molar-refractivity contribution in [1.29, 1.82) is 0 Å². The fourth-order valence-electron chi connectivity index (χ4n) is 12.7. The average Bonchev–Trinajstić information content (AvgIpc) is 0.846. The van der Waals surface area contributed by atoms with Gasteiger partial charge in [-0.3, -0.25) is 0 Å². The second-order valence-electron chi connectivity index (χ2n) is 34.7. The first-order valence-electron chi connectivity index (χ1n) is 43.0. The van der Waals surface area contributed by atoms with Gasteiger partial charge in [-0.25, -0.2) is 4.39 Å². The van der Waals surface area contributed by atoms with Crippen LogP contribution >= 0.6 is 11.6 Å². The van der Waals surface area contributed by atoms with Crippen molar-refractivity contribution in [2.24, 2.45) is 0 Å². The minimum atomic E-state index is -0.0532. The van der Waals surface area contributed by atoms with Gasteiger partial charge < -0.3 is 24.0 Å². The Labute approximate surface area is 714 Å². The first-order valence-corrected chi connectivity index (χ1v) is 43.4. The van der Waals surface area contributed by atoms with E-state index in [-0.39, 0.29) is 11.7 Å². The fourth-order valence-corrected chi connectivity index (χ4v) is 12.9. The molecule has 0 amide bonds.